The summed E-state index contributed by atoms with van der Waals surface area (Å²) in [6, 6.07) is 22.2. The minimum Gasteiger partial charge on any atom is -0.543 e. The standard InChI is InChI=1S/C29H36ClNO5Si/c1-28(2,3)37(4,5)36-26-15-13-25(14-16-26)35-24-11-9-21(10-12-24)17-18-29(33,20-34-27(31)32)22-7-6-8-23(30)19-22/h6-16,19,33H,17-18,20H2,1-5H3,(H2,31,32)/t29-/m0/s1. The van der Waals surface area contributed by atoms with Gasteiger partial charge in [0, 0.05) is 5.02 Å². The fourth-order valence-electron chi connectivity index (χ4n) is 3.50. The van der Waals surface area contributed by atoms with Gasteiger partial charge in [-0.05, 0) is 90.6 Å². The van der Waals surface area contributed by atoms with Gasteiger partial charge in [0.25, 0.3) is 0 Å². The highest BCUT2D eigenvalue weighted by atomic mass is 35.5. The van der Waals surface area contributed by atoms with Gasteiger partial charge in [0.2, 0.25) is 8.32 Å². The average Bonchev–Trinajstić information content (AvgIpc) is 2.83. The van der Waals surface area contributed by atoms with Crippen LogP contribution in [0.4, 0.5) is 4.79 Å². The Balaban J connectivity index is 1.63. The van der Waals surface area contributed by atoms with E-state index in [1.807, 2.05) is 48.5 Å². The molecule has 1 atom stereocenters. The van der Waals surface area contributed by atoms with Crippen molar-refractivity contribution >= 4 is 26.0 Å². The van der Waals surface area contributed by atoms with Crippen LogP contribution in [0.3, 0.4) is 0 Å². The fraction of sp³-hybridized carbons (Fsp3) is 0.345. The van der Waals surface area contributed by atoms with Crippen LogP contribution in [-0.2, 0) is 16.8 Å². The van der Waals surface area contributed by atoms with Crippen LogP contribution >= 0.6 is 11.6 Å². The van der Waals surface area contributed by atoms with Crippen molar-refractivity contribution in [2.45, 2.75) is 57.3 Å². The molecule has 3 aromatic rings. The van der Waals surface area contributed by atoms with E-state index in [-0.39, 0.29) is 11.6 Å². The molecule has 3 aromatic carbocycles. The second-order valence-electron chi connectivity index (χ2n) is 10.7. The number of carbonyl (C=O) groups is 1. The molecule has 37 heavy (non-hydrogen) atoms. The molecule has 3 N–H and O–H groups in total. The van der Waals surface area contributed by atoms with Crippen LogP contribution in [0.15, 0.2) is 72.8 Å². The Morgan fingerprint density at radius 2 is 1.51 bits per heavy atom. The first kappa shape index (κ1) is 28.6. The zero-order chi connectivity index (χ0) is 27.3. The van der Waals surface area contributed by atoms with Gasteiger partial charge in [-0.15, -0.1) is 0 Å². The highest BCUT2D eigenvalue weighted by Crippen LogP contribution is 2.38. The van der Waals surface area contributed by atoms with Gasteiger partial charge >= 0.3 is 6.09 Å². The molecule has 0 unspecified atom stereocenters. The lowest BCUT2D eigenvalue weighted by Gasteiger charge is -2.36. The Bertz CT molecular complexity index is 1190. The van der Waals surface area contributed by atoms with E-state index in [1.54, 1.807) is 24.3 Å². The van der Waals surface area contributed by atoms with Crippen molar-refractivity contribution in [3.05, 3.63) is 88.9 Å². The van der Waals surface area contributed by atoms with Crippen molar-refractivity contribution in [1.29, 1.82) is 0 Å². The van der Waals surface area contributed by atoms with Crippen molar-refractivity contribution in [2.24, 2.45) is 5.73 Å². The summed E-state index contributed by atoms with van der Waals surface area (Å²) in [5.41, 5.74) is 5.25. The van der Waals surface area contributed by atoms with Gasteiger partial charge in [0.15, 0.2) is 0 Å². The predicted molar refractivity (Wildman–Crippen MR) is 150 cm³/mol. The maximum atomic E-state index is 11.3. The molecule has 1 amide bonds. The normalized spacial score (nSPS) is 13.5. The lowest BCUT2D eigenvalue weighted by atomic mass is 9.88. The zero-order valence-electron chi connectivity index (χ0n) is 22.1. The number of aliphatic hydroxyl groups is 1. The summed E-state index contributed by atoms with van der Waals surface area (Å²) in [7, 11) is -1.90. The highest BCUT2D eigenvalue weighted by molar-refractivity contribution is 6.74. The second kappa shape index (κ2) is 11.6. The van der Waals surface area contributed by atoms with Crippen LogP contribution in [0, 0.1) is 0 Å². The molecule has 0 fully saturated rings. The van der Waals surface area contributed by atoms with Crippen LogP contribution in [0.25, 0.3) is 0 Å². The quantitative estimate of drug-likeness (QED) is 0.260. The van der Waals surface area contributed by atoms with Crippen LogP contribution in [0.2, 0.25) is 23.2 Å². The average molecular weight is 542 g/mol. The maximum Gasteiger partial charge on any atom is 0.404 e. The summed E-state index contributed by atoms with van der Waals surface area (Å²) >= 11 is 6.11. The first-order valence-electron chi connectivity index (χ1n) is 12.2. The summed E-state index contributed by atoms with van der Waals surface area (Å²) in [4.78, 5) is 11.2. The molecule has 0 heterocycles. The molecule has 8 heteroatoms. The van der Waals surface area contributed by atoms with Gasteiger partial charge in [-0.2, -0.15) is 0 Å². The smallest absolute Gasteiger partial charge is 0.404 e. The minimum atomic E-state index is -1.90. The van der Waals surface area contributed by atoms with Crippen molar-refractivity contribution in [3.63, 3.8) is 0 Å². The monoisotopic (exact) mass is 541 g/mol. The summed E-state index contributed by atoms with van der Waals surface area (Å²) in [5.74, 6) is 2.26. The third-order valence-electron chi connectivity index (χ3n) is 6.80. The topological polar surface area (TPSA) is 91.0 Å². The lowest BCUT2D eigenvalue weighted by Crippen LogP contribution is -2.43. The Hall–Kier alpha value is -3.00. The third-order valence-corrected chi connectivity index (χ3v) is 11.4. The largest absolute Gasteiger partial charge is 0.543 e. The summed E-state index contributed by atoms with van der Waals surface area (Å²) < 4.78 is 17.3. The molecule has 198 valence electrons. The maximum absolute atomic E-state index is 11.3. The van der Waals surface area contributed by atoms with Gasteiger partial charge in [-0.3, -0.25) is 0 Å². The first-order valence-corrected chi connectivity index (χ1v) is 15.5. The molecule has 0 saturated carbocycles. The van der Waals surface area contributed by atoms with Gasteiger partial charge in [0.05, 0.1) is 0 Å². The molecule has 0 bridgehead atoms. The molecule has 0 aliphatic heterocycles. The van der Waals surface area contributed by atoms with Crippen molar-refractivity contribution < 1.29 is 23.8 Å². The molecular formula is C29H36ClNO5Si. The molecule has 0 aliphatic carbocycles. The first-order chi connectivity index (χ1) is 17.3. The van der Waals surface area contributed by atoms with E-state index >= 15 is 0 Å². The Morgan fingerprint density at radius 3 is 2.05 bits per heavy atom. The summed E-state index contributed by atoms with van der Waals surface area (Å²) in [6.07, 6.45) is -0.108. The molecule has 0 aromatic heterocycles. The number of hydrogen-bond acceptors (Lipinski definition) is 5. The number of hydrogen-bond donors (Lipinski definition) is 2. The molecule has 0 saturated heterocycles. The number of ether oxygens (including phenoxy) is 2. The van der Waals surface area contributed by atoms with Crippen molar-refractivity contribution in [1.82, 2.24) is 0 Å². The Labute approximate surface area is 225 Å². The SMILES string of the molecule is CC(C)(C)[Si](C)(C)Oc1ccc(Oc2ccc(CC[C@](O)(COC(N)=O)c3cccc(Cl)c3)cc2)cc1. The number of benzene rings is 3. The van der Waals surface area contributed by atoms with Crippen LogP contribution < -0.4 is 14.9 Å². The molecule has 3 rings (SSSR count). The van der Waals surface area contributed by atoms with Crippen LogP contribution in [0.5, 0.6) is 17.2 Å². The molecule has 6 nitrogen and oxygen atoms in total. The Morgan fingerprint density at radius 1 is 0.946 bits per heavy atom. The van der Waals surface area contributed by atoms with E-state index in [9.17, 15) is 9.90 Å². The molecular weight excluding hydrogens is 506 g/mol. The number of rotatable bonds is 10. The summed E-state index contributed by atoms with van der Waals surface area (Å²) in [6.45, 7) is 10.8. The number of carbonyl (C=O) groups excluding carboxylic acids is 1. The predicted octanol–water partition coefficient (Wildman–Crippen LogP) is 7.43. The van der Waals surface area contributed by atoms with E-state index in [4.69, 9.17) is 31.2 Å². The number of nitrogens with two attached hydrogens (primary N) is 1. The third kappa shape index (κ3) is 7.99. The van der Waals surface area contributed by atoms with Gasteiger partial charge in [-0.1, -0.05) is 56.6 Å². The minimum absolute atomic E-state index is 0.128. The van der Waals surface area contributed by atoms with Crippen molar-refractivity contribution in [3.8, 4) is 17.2 Å². The highest BCUT2D eigenvalue weighted by Gasteiger charge is 2.39. The number of aryl methyl sites for hydroxylation is 1. The van der Waals surface area contributed by atoms with Crippen LogP contribution in [0.1, 0.15) is 38.3 Å². The second-order valence-corrected chi connectivity index (χ2v) is 15.9. The van der Waals surface area contributed by atoms with E-state index in [0.29, 0.717) is 34.9 Å². The van der Waals surface area contributed by atoms with E-state index < -0.39 is 20.0 Å². The van der Waals surface area contributed by atoms with E-state index in [1.165, 1.54) is 0 Å². The van der Waals surface area contributed by atoms with Crippen molar-refractivity contribution in [2.75, 3.05) is 6.61 Å². The lowest BCUT2D eigenvalue weighted by molar-refractivity contribution is -0.0307. The van der Waals surface area contributed by atoms with E-state index in [0.717, 1.165) is 11.3 Å². The van der Waals surface area contributed by atoms with E-state index in [2.05, 4.69) is 33.9 Å². The Kier molecular flexibility index (Phi) is 8.95. The molecule has 0 aliphatic rings. The van der Waals surface area contributed by atoms with Gasteiger partial charge in [0.1, 0.15) is 29.5 Å². The molecule has 0 spiro atoms. The zero-order valence-corrected chi connectivity index (χ0v) is 23.8. The summed E-state index contributed by atoms with van der Waals surface area (Å²) in [5, 5.41) is 11.9. The number of amides is 1. The number of primary amides is 1. The van der Waals surface area contributed by atoms with Crippen LogP contribution in [-0.4, -0.2) is 26.1 Å². The van der Waals surface area contributed by atoms with Gasteiger partial charge < -0.3 is 24.7 Å². The fourth-order valence-corrected chi connectivity index (χ4v) is 4.72. The number of halogens is 1. The molecule has 0 radical (unpaired) electrons. The van der Waals surface area contributed by atoms with Gasteiger partial charge in [-0.25, -0.2) is 4.79 Å².